The van der Waals surface area contributed by atoms with Gasteiger partial charge in [-0.1, -0.05) is 0 Å². The zero-order valence-corrected chi connectivity index (χ0v) is 11.4. The van der Waals surface area contributed by atoms with Crippen molar-refractivity contribution < 1.29 is 31.5 Å². The molecule has 4 fully saturated rings. The van der Waals surface area contributed by atoms with Gasteiger partial charge >= 0.3 is 11.2 Å². The van der Waals surface area contributed by atoms with Crippen molar-refractivity contribution in [2.75, 3.05) is 0 Å². The Morgan fingerprint density at radius 1 is 1.20 bits per heavy atom. The van der Waals surface area contributed by atoms with Gasteiger partial charge in [0.05, 0.1) is 0 Å². The fraction of sp³-hybridized carbons (Fsp3) is 0.833. The molecule has 0 N–H and O–H groups in total. The van der Waals surface area contributed by atoms with E-state index in [1.807, 2.05) is 0 Å². The van der Waals surface area contributed by atoms with Crippen LogP contribution in [0, 0.1) is 17.8 Å². The van der Waals surface area contributed by atoms with Crippen molar-refractivity contribution in [1.82, 2.24) is 0 Å². The molecule has 4 rings (SSSR count). The molecule has 0 aromatic rings. The van der Waals surface area contributed by atoms with E-state index in [-0.39, 0.29) is 36.4 Å². The minimum atomic E-state index is -4.50. The van der Waals surface area contributed by atoms with Crippen molar-refractivity contribution in [3.63, 3.8) is 0 Å². The third-order valence-electron chi connectivity index (χ3n) is 4.72. The molecule has 0 spiro atoms. The van der Waals surface area contributed by atoms with Gasteiger partial charge in [-0.2, -0.15) is 8.78 Å². The van der Waals surface area contributed by atoms with Crippen LogP contribution in [0.4, 0.5) is 8.78 Å². The molecule has 2 atom stereocenters. The molecule has 112 valence electrons. The molecular weight excluding hydrogens is 294 g/mol. The van der Waals surface area contributed by atoms with Crippen molar-refractivity contribution >= 4 is 22.5 Å². The maximum Gasteiger partial charge on any atom is 0.437 e. The van der Waals surface area contributed by atoms with Crippen LogP contribution in [0.25, 0.3) is 0 Å². The summed E-state index contributed by atoms with van der Waals surface area (Å²) in [5, 5.41) is -4.50. The third-order valence-corrected chi connectivity index (χ3v) is 5.36. The van der Waals surface area contributed by atoms with Crippen molar-refractivity contribution in [2.45, 2.75) is 43.0 Å². The number of Topliss-reactive ketones (excluding diaryl/α,β-unsaturated/α-hetero) is 1. The van der Waals surface area contributed by atoms with Crippen LogP contribution < -0.4 is 0 Å². The van der Waals surface area contributed by atoms with Crippen molar-refractivity contribution in [2.24, 2.45) is 17.8 Å². The lowest BCUT2D eigenvalue weighted by Gasteiger charge is -2.54. The van der Waals surface area contributed by atoms with E-state index >= 15 is 0 Å². The Bertz CT molecular complexity index is 530. The average Bonchev–Trinajstić information content (AvgIpc) is 2.34. The number of alkyl halides is 2. The average molecular weight is 308 g/mol. The largest absolute Gasteiger partial charge is 0.454 e. The number of hydrogen-bond donors (Lipinski definition) is 1. The molecule has 0 amide bonds. The van der Waals surface area contributed by atoms with Gasteiger partial charge in [0.1, 0.15) is 11.4 Å². The number of ketones is 1. The Labute approximate surface area is 115 Å². The highest BCUT2D eigenvalue weighted by Crippen LogP contribution is 2.55. The summed E-state index contributed by atoms with van der Waals surface area (Å²) in [6.07, 6.45) is 2.39. The maximum atomic E-state index is 13.2. The first-order chi connectivity index (χ1) is 9.23. The summed E-state index contributed by atoms with van der Waals surface area (Å²) in [6, 6.07) is 0. The van der Waals surface area contributed by atoms with Gasteiger partial charge in [-0.25, -0.2) is 13.2 Å². The second-order valence-corrected chi connectivity index (χ2v) is 7.19. The number of halogens is 2. The van der Waals surface area contributed by atoms with Crippen LogP contribution in [-0.4, -0.2) is 31.0 Å². The van der Waals surface area contributed by atoms with Crippen LogP contribution >= 0.6 is 0 Å². The number of rotatable bonds is 3. The van der Waals surface area contributed by atoms with E-state index in [1.165, 1.54) is 0 Å². The van der Waals surface area contributed by atoms with Crippen molar-refractivity contribution in [3.05, 3.63) is 0 Å². The van der Waals surface area contributed by atoms with Crippen LogP contribution in [-0.2, 0) is 25.0 Å². The SMILES string of the molecule is O=C1C2CC3CC1CC(OC(=O)C(F)(F)[SH](=O)=O)(C3)C2. The second kappa shape index (κ2) is 4.22. The van der Waals surface area contributed by atoms with Crippen LogP contribution in [0.3, 0.4) is 0 Å². The highest BCUT2D eigenvalue weighted by Gasteiger charge is 2.59. The zero-order chi connectivity index (χ0) is 14.7. The molecule has 8 heteroatoms. The molecule has 20 heavy (non-hydrogen) atoms. The Morgan fingerprint density at radius 3 is 2.25 bits per heavy atom. The molecule has 4 bridgehead atoms. The zero-order valence-electron chi connectivity index (χ0n) is 10.5. The Morgan fingerprint density at radius 2 is 1.75 bits per heavy atom. The molecule has 0 aliphatic heterocycles. The lowest BCUT2D eigenvalue weighted by Crippen LogP contribution is -2.58. The molecule has 5 nitrogen and oxygen atoms in total. The standard InChI is InChI=1S/C12H14F2O5S/c13-12(14,20(17)18)10(16)19-11-3-6-1-7(4-11)9(15)8(2-6)5-11/h6-8,20H,1-5H2. The monoisotopic (exact) mass is 308 g/mol. The number of carbonyl (C=O) groups excluding carboxylic acids is 2. The first-order valence-corrected chi connectivity index (χ1v) is 7.71. The normalized spacial score (nSPS) is 39.4. The summed E-state index contributed by atoms with van der Waals surface area (Å²) < 4.78 is 52.1. The molecule has 2 unspecified atom stereocenters. The highest BCUT2D eigenvalue weighted by atomic mass is 32.2. The van der Waals surface area contributed by atoms with Gasteiger partial charge in [0, 0.05) is 11.8 Å². The summed E-state index contributed by atoms with van der Waals surface area (Å²) in [4.78, 5) is 23.4. The maximum absolute atomic E-state index is 13.2. The highest BCUT2D eigenvalue weighted by molar-refractivity contribution is 7.74. The van der Waals surface area contributed by atoms with E-state index in [1.54, 1.807) is 0 Å². The minimum absolute atomic E-state index is 0.134. The fourth-order valence-corrected chi connectivity index (χ4v) is 4.33. The number of hydrogen-bond acceptors (Lipinski definition) is 5. The van der Waals surface area contributed by atoms with Gasteiger partial charge in [-0.05, 0) is 38.0 Å². The van der Waals surface area contributed by atoms with Crippen LogP contribution in [0.1, 0.15) is 32.1 Å². The second-order valence-electron chi connectivity index (χ2n) is 6.12. The number of carbonyl (C=O) groups is 2. The topological polar surface area (TPSA) is 77.5 Å². The first-order valence-electron chi connectivity index (χ1n) is 6.53. The minimum Gasteiger partial charge on any atom is -0.454 e. The van der Waals surface area contributed by atoms with E-state index in [4.69, 9.17) is 4.74 Å². The van der Waals surface area contributed by atoms with E-state index in [0.29, 0.717) is 6.42 Å². The molecule has 0 radical (unpaired) electrons. The predicted molar refractivity (Wildman–Crippen MR) is 62.6 cm³/mol. The molecule has 0 aromatic heterocycles. The van der Waals surface area contributed by atoms with Gasteiger partial charge in [-0.3, -0.25) is 4.79 Å². The lowest BCUT2D eigenvalue weighted by atomic mass is 9.53. The smallest absolute Gasteiger partial charge is 0.437 e. The number of esters is 1. The molecule has 4 aliphatic carbocycles. The van der Waals surface area contributed by atoms with Crippen LogP contribution in [0.2, 0.25) is 0 Å². The van der Waals surface area contributed by atoms with Gasteiger partial charge in [0.15, 0.2) is 0 Å². The number of thiol groups is 1. The Kier molecular flexibility index (Phi) is 2.94. The van der Waals surface area contributed by atoms with E-state index in [0.717, 1.165) is 12.8 Å². The molecule has 4 aliphatic rings. The van der Waals surface area contributed by atoms with E-state index in [9.17, 15) is 26.8 Å². The summed E-state index contributed by atoms with van der Waals surface area (Å²) in [7, 11) is -4.21. The molecule has 0 heterocycles. The third kappa shape index (κ3) is 1.96. The van der Waals surface area contributed by atoms with Crippen LogP contribution in [0.5, 0.6) is 0 Å². The number of ether oxygens (including phenoxy) is 1. The summed E-state index contributed by atoms with van der Waals surface area (Å²) >= 11 is 0. The first kappa shape index (κ1) is 13.9. The molecule has 0 aromatic carbocycles. The quantitative estimate of drug-likeness (QED) is 0.618. The molecule has 0 saturated heterocycles. The predicted octanol–water partition coefficient (Wildman–Crippen LogP) is 0.882. The Balaban J connectivity index is 1.81. The van der Waals surface area contributed by atoms with Gasteiger partial charge in [-0.15, -0.1) is 0 Å². The fourth-order valence-electron chi connectivity index (χ4n) is 4.13. The summed E-state index contributed by atoms with van der Waals surface area (Å²) in [5.41, 5.74) is -1.07. The van der Waals surface area contributed by atoms with Crippen molar-refractivity contribution in [1.29, 1.82) is 0 Å². The summed E-state index contributed by atoms with van der Waals surface area (Å²) in [6.45, 7) is 0. The lowest BCUT2D eigenvalue weighted by molar-refractivity contribution is -0.201. The Hall–Kier alpha value is -1.05. The molecule has 4 saturated carbocycles. The summed E-state index contributed by atoms with van der Waals surface area (Å²) in [5.74, 6) is -2.14. The van der Waals surface area contributed by atoms with E-state index < -0.39 is 27.5 Å². The van der Waals surface area contributed by atoms with E-state index in [2.05, 4.69) is 0 Å². The molecular formula is C12H14F2O5S. The van der Waals surface area contributed by atoms with Gasteiger partial charge < -0.3 is 4.74 Å². The van der Waals surface area contributed by atoms with Crippen LogP contribution in [0.15, 0.2) is 0 Å². The van der Waals surface area contributed by atoms with Gasteiger partial charge in [0.2, 0.25) is 10.7 Å². The van der Waals surface area contributed by atoms with Gasteiger partial charge in [0.25, 0.3) is 0 Å². The van der Waals surface area contributed by atoms with Crippen molar-refractivity contribution in [3.8, 4) is 0 Å².